The highest BCUT2D eigenvalue weighted by Gasteiger charge is 2.23. The summed E-state index contributed by atoms with van der Waals surface area (Å²) in [4.78, 5) is 4.07. The van der Waals surface area contributed by atoms with Crippen molar-refractivity contribution in [2.45, 2.75) is 38.5 Å². The van der Waals surface area contributed by atoms with Crippen LogP contribution in [0.2, 0.25) is 5.02 Å². The van der Waals surface area contributed by atoms with Gasteiger partial charge in [-0.15, -0.1) is 0 Å². The van der Waals surface area contributed by atoms with E-state index >= 15 is 0 Å². The van der Waals surface area contributed by atoms with Crippen molar-refractivity contribution < 1.29 is 4.21 Å². The molecule has 0 radical (unpaired) electrons. The zero-order valence-electron chi connectivity index (χ0n) is 10.3. The minimum atomic E-state index is -1.13. The SMILES string of the molecule is CC(NS(=O)C(C)(C)C)c1cncc(Br)c1Cl. The summed E-state index contributed by atoms with van der Waals surface area (Å²) in [6, 6.07) is -0.118. The molecule has 1 heterocycles. The summed E-state index contributed by atoms with van der Waals surface area (Å²) in [5.41, 5.74) is 0.832. The second-order valence-corrected chi connectivity index (χ2v) is 7.98. The third-order valence-corrected chi connectivity index (χ3v) is 5.10. The minimum Gasteiger partial charge on any atom is -0.263 e. The molecular weight excluding hydrogens is 324 g/mol. The van der Waals surface area contributed by atoms with Gasteiger partial charge in [0.25, 0.3) is 0 Å². The Morgan fingerprint density at radius 2 is 2.06 bits per heavy atom. The molecule has 6 heteroatoms. The number of rotatable bonds is 3. The molecule has 2 unspecified atom stereocenters. The monoisotopic (exact) mass is 338 g/mol. The molecule has 0 saturated carbocycles. The van der Waals surface area contributed by atoms with Crippen LogP contribution in [-0.4, -0.2) is 13.9 Å². The maximum Gasteiger partial charge on any atom is 0.0975 e. The molecule has 0 saturated heterocycles. The van der Waals surface area contributed by atoms with E-state index in [1.807, 2.05) is 27.7 Å². The molecule has 0 aromatic carbocycles. The molecule has 2 atom stereocenters. The third kappa shape index (κ3) is 4.02. The highest BCUT2D eigenvalue weighted by Crippen LogP contribution is 2.29. The highest BCUT2D eigenvalue weighted by atomic mass is 79.9. The van der Waals surface area contributed by atoms with Crippen LogP contribution in [0.3, 0.4) is 0 Å². The molecule has 1 N–H and O–H groups in total. The van der Waals surface area contributed by atoms with Crippen molar-refractivity contribution in [2.24, 2.45) is 0 Å². The lowest BCUT2D eigenvalue weighted by Crippen LogP contribution is -2.34. The summed E-state index contributed by atoms with van der Waals surface area (Å²) in [5, 5.41) is 0.603. The Morgan fingerprint density at radius 3 is 2.59 bits per heavy atom. The van der Waals surface area contributed by atoms with Crippen molar-refractivity contribution in [2.75, 3.05) is 0 Å². The van der Waals surface area contributed by atoms with Crippen LogP contribution in [0.15, 0.2) is 16.9 Å². The average Bonchev–Trinajstić information content (AvgIpc) is 2.20. The first-order valence-electron chi connectivity index (χ1n) is 5.20. The zero-order chi connectivity index (χ0) is 13.2. The van der Waals surface area contributed by atoms with E-state index in [0.717, 1.165) is 10.0 Å². The number of hydrogen-bond donors (Lipinski definition) is 1. The van der Waals surface area contributed by atoms with E-state index in [4.69, 9.17) is 11.6 Å². The van der Waals surface area contributed by atoms with Gasteiger partial charge >= 0.3 is 0 Å². The summed E-state index contributed by atoms with van der Waals surface area (Å²) in [7, 11) is -1.13. The Bertz CT molecular complexity index is 434. The second kappa shape index (κ2) is 5.78. The number of nitrogens with one attached hydrogen (secondary N) is 1. The number of pyridine rings is 1. The summed E-state index contributed by atoms with van der Waals surface area (Å²) < 4.78 is 15.4. The highest BCUT2D eigenvalue weighted by molar-refractivity contribution is 9.10. The van der Waals surface area contributed by atoms with Crippen LogP contribution in [0.4, 0.5) is 0 Å². The van der Waals surface area contributed by atoms with Crippen LogP contribution in [0.25, 0.3) is 0 Å². The van der Waals surface area contributed by atoms with Crippen molar-refractivity contribution in [3.8, 4) is 0 Å². The fraction of sp³-hybridized carbons (Fsp3) is 0.545. The van der Waals surface area contributed by atoms with Gasteiger partial charge in [0, 0.05) is 24.0 Å². The molecule has 0 spiro atoms. The predicted octanol–water partition coefficient (Wildman–Crippen LogP) is 3.61. The standard InChI is InChI=1S/C11H16BrClN2OS/c1-7(15-17(16)11(2,3)4)8-5-14-6-9(12)10(8)13/h5-7,15H,1-4H3. The average molecular weight is 340 g/mol. The van der Waals surface area contributed by atoms with E-state index in [0.29, 0.717) is 5.02 Å². The van der Waals surface area contributed by atoms with Gasteiger partial charge in [-0.3, -0.25) is 4.98 Å². The van der Waals surface area contributed by atoms with Gasteiger partial charge in [0.2, 0.25) is 0 Å². The molecule has 0 aliphatic heterocycles. The fourth-order valence-electron chi connectivity index (χ4n) is 1.14. The number of aromatic nitrogens is 1. The van der Waals surface area contributed by atoms with E-state index in [2.05, 4.69) is 25.6 Å². The quantitative estimate of drug-likeness (QED) is 0.914. The van der Waals surface area contributed by atoms with Gasteiger partial charge in [0.15, 0.2) is 0 Å². The summed E-state index contributed by atoms with van der Waals surface area (Å²) in [5.74, 6) is 0. The van der Waals surface area contributed by atoms with Crippen molar-refractivity contribution in [1.29, 1.82) is 0 Å². The first-order valence-corrected chi connectivity index (χ1v) is 7.52. The molecule has 1 aromatic rings. The van der Waals surface area contributed by atoms with Gasteiger partial charge in [-0.2, -0.15) is 0 Å². The molecule has 3 nitrogen and oxygen atoms in total. The van der Waals surface area contributed by atoms with Crippen molar-refractivity contribution in [3.63, 3.8) is 0 Å². The molecular formula is C11H16BrClN2OS. The van der Waals surface area contributed by atoms with Gasteiger partial charge in [-0.25, -0.2) is 8.93 Å². The van der Waals surface area contributed by atoms with E-state index in [9.17, 15) is 4.21 Å². The normalized spacial score (nSPS) is 15.6. The van der Waals surface area contributed by atoms with Crippen molar-refractivity contribution in [3.05, 3.63) is 27.5 Å². The van der Waals surface area contributed by atoms with Crippen LogP contribution in [0.1, 0.15) is 39.3 Å². The Labute approximate surface area is 118 Å². The van der Waals surface area contributed by atoms with E-state index in [1.54, 1.807) is 12.4 Å². The van der Waals surface area contributed by atoms with Crippen LogP contribution < -0.4 is 4.72 Å². The zero-order valence-corrected chi connectivity index (χ0v) is 13.4. The second-order valence-electron chi connectivity index (χ2n) is 4.75. The van der Waals surface area contributed by atoms with Gasteiger partial charge in [0.1, 0.15) is 0 Å². The Kier molecular flexibility index (Phi) is 5.13. The third-order valence-electron chi connectivity index (χ3n) is 2.17. The number of hydrogen-bond acceptors (Lipinski definition) is 2. The molecule has 0 aliphatic carbocycles. The Morgan fingerprint density at radius 1 is 1.47 bits per heavy atom. The Hall–Kier alpha value is 0.0300. The topological polar surface area (TPSA) is 42.0 Å². The van der Waals surface area contributed by atoms with Crippen LogP contribution in [0, 0.1) is 0 Å². The summed E-state index contributed by atoms with van der Waals surface area (Å²) in [6.45, 7) is 7.68. The Balaban J connectivity index is 2.88. The molecule has 1 rings (SSSR count). The molecule has 1 aromatic heterocycles. The predicted molar refractivity (Wildman–Crippen MR) is 76.4 cm³/mol. The summed E-state index contributed by atoms with van der Waals surface area (Å²) >= 11 is 9.48. The summed E-state index contributed by atoms with van der Waals surface area (Å²) in [6.07, 6.45) is 3.32. The molecule has 0 fully saturated rings. The van der Waals surface area contributed by atoms with E-state index in [-0.39, 0.29) is 10.8 Å². The number of halogens is 2. The molecule has 96 valence electrons. The minimum absolute atomic E-state index is 0.118. The lowest BCUT2D eigenvalue weighted by Gasteiger charge is -2.22. The smallest absolute Gasteiger partial charge is 0.0975 e. The van der Waals surface area contributed by atoms with Crippen LogP contribution >= 0.6 is 27.5 Å². The fourth-order valence-corrected chi connectivity index (χ4v) is 2.55. The maximum atomic E-state index is 12.0. The first kappa shape index (κ1) is 15.1. The van der Waals surface area contributed by atoms with Crippen molar-refractivity contribution >= 4 is 38.5 Å². The van der Waals surface area contributed by atoms with E-state index < -0.39 is 11.0 Å². The maximum absolute atomic E-state index is 12.0. The molecule has 0 bridgehead atoms. The number of nitrogens with zero attached hydrogens (tertiary/aromatic N) is 1. The lowest BCUT2D eigenvalue weighted by atomic mass is 10.2. The van der Waals surface area contributed by atoms with Crippen molar-refractivity contribution in [1.82, 2.24) is 9.71 Å². The molecule has 17 heavy (non-hydrogen) atoms. The first-order chi connectivity index (χ1) is 7.73. The van der Waals surface area contributed by atoms with Gasteiger partial charge in [-0.05, 0) is 43.6 Å². The van der Waals surface area contributed by atoms with Crippen LogP contribution in [-0.2, 0) is 11.0 Å². The lowest BCUT2D eigenvalue weighted by molar-refractivity contribution is 0.615. The molecule has 0 aliphatic rings. The largest absolute Gasteiger partial charge is 0.263 e. The molecule has 0 amide bonds. The van der Waals surface area contributed by atoms with Gasteiger partial charge in [0.05, 0.1) is 25.2 Å². The van der Waals surface area contributed by atoms with Crippen LogP contribution in [0.5, 0.6) is 0 Å². The van der Waals surface area contributed by atoms with E-state index in [1.165, 1.54) is 0 Å². The van der Waals surface area contributed by atoms with Gasteiger partial charge < -0.3 is 0 Å². The van der Waals surface area contributed by atoms with Gasteiger partial charge in [-0.1, -0.05) is 11.6 Å².